The zero-order valence-electron chi connectivity index (χ0n) is 30.8. The van der Waals surface area contributed by atoms with Gasteiger partial charge in [-0.3, -0.25) is 39.2 Å². The minimum Gasteiger partial charge on any atom is -0.489 e. The molecule has 6 rings (SSSR count). The predicted octanol–water partition coefficient (Wildman–Crippen LogP) is 5.04. The number of anilines is 2. The number of thiocarbonyl (C=S) groups is 1. The van der Waals surface area contributed by atoms with Gasteiger partial charge in [-0.15, -0.1) is 0 Å². The van der Waals surface area contributed by atoms with Crippen LogP contribution in [0.4, 0.5) is 28.9 Å². The smallest absolute Gasteiger partial charge is 0.417 e. The van der Waals surface area contributed by atoms with Gasteiger partial charge in [0.1, 0.15) is 12.1 Å². The Hall–Kier alpha value is -5.24. The zero-order chi connectivity index (χ0) is 40.4. The molecule has 294 valence electrons. The Bertz CT molecular complexity index is 2100. The Labute approximate surface area is 326 Å². The lowest BCUT2D eigenvalue weighted by Crippen LogP contribution is -2.48. The molecular weight excluding hydrogens is 753 g/mol. The number of ketones is 1. The van der Waals surface area contributed by atoms with Gasteiger partial charge in [-0.05, 0) is 80.4 Å². The predicted molar refractivity (Wildman–Crippen MR) is 202 cm³/mol. The summed E-state index contributed by atoms with van der Waals surface area (Å²) < 4.78 is 62.2. The summed E-state index contributed by atoms with van der Waals surface area (Å²) in [4.78, 5) is 56.6. The molecule has 56 heavy (non-hydrogen) atoms. The lowest BCUT2D eigenvalue weighted by Gasteiger charge is -2.34. The van der Waals surface area contributed by atoms with Gasteiger partial charge in [0.15, 0.2) is 22.5 Å². The van der Waals surface area contributed by atoms with Gasteiger partial charge in [-0.25, -0.2) is 4.39 Å². The van der Waals surface area contributed by atoms with Crippen molar-refractivity contribution in [3.05, 3.63) is 88.7 Å². The van der Waals surface area contributed by atoms with Gasteiger partial charge >= 0.3 is 6.18 Å². The van der Waals surface area contributed by atoms with Crippen molar-refractivity contribution in [2.75, 3.05) is 55.7 Å². The second-order valence-corrected chi connectivity index (χ2v) is 15.0. The summed E-state index contributed by atoms with van der Waals surface area (Å²) in [6.07, 6.45) is -3.21. The van der Waals surface area contributed by atoms with Crippen LogP contribution in [0.5, 0.6) is 5.75 Å². The molecule has 3 amide bonds. The van der Waals surface area contributed by atoms with E-state index in [1.165, 1.54) is 43.0 Å². The number of Topliss-reactive ketones (excluding diaryl/α,β-unsaturated/α-hetero) is 1. The summed E-state index contributed by atoms with van der Waals surface area (Å²) >= 11 is 5.55. The van der Waals surface area contributed by atoms with Crippen molar-refractivity contribution in [2.24, 2.45) is 5.92 Å². The van der Waals surface area contributed by atoms with E-state index in [2.05, 4.69) is 15.1 Å². The van der Waals surface area contributed by atoms with Crippen molar-refractivity contribution in [1.82, 2.24) is 15.1 Å². The van der Waals surface area contributed by atoms with Crippen LogP contribution in [0.15, 0.2) is 60.7 Å². The largest absolute Gasteiger partial charge is 0.489 e. The molecular formula is C40H40F4N6O5S. The van der Waals surface area contributed by atoms with Crippen molar-refractivity contribution < 1.29 is 41.5 Å². The van der Waals surface area contributed by atoms with Crippen molar-refractivity contribution in [2.45, 2.75) is 51.2 Å². The van der Waals surface area contributed by atoms with Crippen molar-refractivity contribution in [3.63, 3.8) is 0 Å². The Morgan fingerprint density at radius 3 is 2.36 bits per heavy atom. The van der Waals surface area contributed by atoms with E-state index < -0.39 is 34.6 Å². The highest BCUT2D eigenvalue weighted by Gasteiger charge is 2.51. The van der Waals surface area contributed by atoms with Gasteiger partial charge in [0, 0.05) is 63.2 Å². The summed E-state index contributed by atoms with van der Waals surface area (Å²) in [5.74, 6) is -2.04. The number of benzene rings is 3. The molecule has 11 nitrogen and oxygen atoms in total. The van der Waals surface area contributed by atoms with E-state index in [0.717, 1.165) is 28.2 Å². The summed E-state index contributed by atoms with van der Waals surface area (Å²) in [6, 6.07) is 16.2. The molecule has 0 bridgehead atoms. The fourth-order valence-electron chi connectivity index (χ4n) is 7.28. The van der Waals surface area contributed by atoms with Crippen molar-refractivity contribution >= 4 is 52.2 Å². The Morgan fingerprint density at radius 2 is 1.68 bits per heavy atom. The van der Waals surface area contributed by atoms with Gasteiger partial charge in [-0.1, -0.05) is 24.3 Å². The number of halogens is 4. The average Bonchev–Trinajstić information content (AvgIpc) is 3.32. The second kappa shape index (κ2) is 16.5. The standard InChI is InChI=1S/C40H40F4N6O5S/c1-39(2)37(54)49(29-8-6-28(23-45)32(21-29)40(42,43)44)38(56)50(39)30-9-10-34(33(41)22-30)55-17-16-47-12-14-48(15-13-47)24-31(51)20-26-5-3-4-25(18-26)19-27-7-11-35(52)46-36(27)53/h3-6,8-10,18,21-22,27H,7,11-17,19-20,24H2,1-2H3,(H,46,52,53). The summed E-state index contributed by atoms with van der Waals surface area (Å²) in [7, 11) is 0. The van der Waals surface area contributed by atoms with E-state index in [1.54, 1.807) is 0 Å². The number of hydrogen-bond acceptors (Lipinski definition) is 9. The van der Waals surface area contributed by atoms with Crippen molar-refractivity contribution in [3.8, 4) is 11.8 Å². The van der Waals surface area contributed by atoms with Crippen LogP contribution < -0.4 is 19.9 Å². The molecule has 0 saturated carbocycles. The lowest BCUT2D eigenvalue weighted by molar-refractivity contribution is -0.138. The first-order chi connectivity index (χ1) is 26.5. The van der Waals surface area contributed by atoms with Crippen LogP contribution in [0, 0.1) is 23.1 Å². The first-order valence-corrected chi connectivity index (χ1v) is 18.6. The average molecular weight is 793 g/mol. The highest BCUT2D eigenvalue weighted by atomic mass is 32.1. The molecule has 0 aromatic heterocycles. The van der Waals surface area contributed by atoms with Gasteiger partial charge < -0.3 is 9.64 Å². The van der Waals surface area contributed by atoms with Crippen LogP contribution in [0.25, 0.3) is 0 Å². The highest BCUT2D eigenvalue weighted by molar-refractivity contribution is 7.81. The third-order valence-electron chi connectivity index (χ3n) is 10.3. The maximum atomic E-state index is 15.4. The molecule has 0 spiro atoms. The summed E-state index contributed by atoms with van der Waals surface area (Å²) in [6.45, 7) is 6.79. The second-order valence-electron chi connectivity index (χ2n) is 14.6. The highest BCUT2D eigenvalue weighted by Crippen LogP contribution is 2.40. The number of carbonyl (C=O) groups is 4. The van der Waals surface area contributed by atoms with E-state index >= 15 is 4.39 Å². The Kier molecular flexibility index (Phi) is 11.9. The summed E-state index contributed by atoms with van der Waals surface area (Å²) in [5.41, 5.74) is -1.30. The van der Waals surface area contributed by atoms with Gasteiger partial charge in [0.2, 0.25) is 11.8 Å². The molecule has 3 saturated heterocycles. The molecule has 1 atom stereocenters. The van der Waals surface area contributed by atoms with E-state index in [0.29, 0.717) is 64.6 Å². The van der Waals surface area contributed by atoms with Crippen LogP contribution in [-0.2, 0) is 38.2 Å². The molecule has 0 radical (unpaired) electrons. The van der Waals surface area contributed by atoms with E-state index in [1.807, 2.05) is 24.3 Å². The third kappa shape index (κ3) is 8.90. The van der Waals surface area contributed by atoms with Gasteiger partial charge in [-0.2, -0.15) is 18.4 Å². The molecule has 0 aliphatic carbocycles. The number of nitrogens with one attached hydrogen (secondary N) is 1. The number of piperidine rings is 1. The monoisotopic (exact) mass is 792 g/mol. The quantitative estimate of drug-likeness (QED) is 0.152. The maximum Gasteiger partial charge on any atom is 0.417 e. The lowest BCUT2D eigenvalue weighted by atomic mass is 9.90. The summed E-state index contributed by atoms with van der Waals surface area (Å²) in [5, 5.41) is 11.4. The van der Waals surface area contributed by atoms with E-state index in [4.69, 9.17) is 22.2 Å². The SMILES string of the molecule is CC1(C)C(=O)N(c2ccc(C#N)c(C(F)(F)F)c2)C(=S)N1c1ccc(OCCN2CCN(CC(=O)Cc3cccc(CC4CCC(=O)NC4=O)c3)CC2)c(F)c1. The molecule has 1 unspecified atom stereocenters. The molecule has 1 N–H and O–H groups in total. The normalized spacial score (nSPS) is 19.3. The number of nitrogens with zero attached hydrogens (tertiary/aromatic N) is 5. The third-order valence-corrected chi connectivity index (χ3v) is 10.7. The van der Waals surface area contributed by atoms with Crippen LogP contribution in [0.1, 0.15) is 48.9 Å². The number of rotatable bonds is 12. The number of amides is 3. The Balaban J connectivity index is 0.976. The van der Waals surface area contributed by atoms with Crippen LogP contribution >= 0.6 is 12.2 Å². The Morgan fingerprint density at radius 1 is 0.982 bits per heavy atom. The molecule has 3 aromatic carbocycles. The number of piperazine rings is 1. The van der Waals surface area contributed by atoms with E-state index in [-0.39, 0.29) is 58.8 Å². The molecule has 3 aliphatic heterocycles. The first-order valence-electron chi connectivity index (χ1n) is 18.2. The first kappa shape index (κ1) is 40.4. The number of carbonyl (C=O) groups excluding carboxylic acids is 4. The molecule has 3 aromatic rings. The van der Waals surface area contributed by atoms with E-state index in [9.17, 15) is 32.3 Å². The van der Waals surface area contributed by atoms with Gasteiger partial charge in [0.25, 0.3) is 5.91 Å². The molecule has 3 fully saturated rings. The topological polar surface area (TPSA) is 126 Å². The van der Waals surface area contributed by atoms with Crippen LogP contribution in [-0.4, -0.2) is 89.8 Å². The zero-order valence-corrected chi connectivity index (χ0v) is 31.6. The fraction of sp³-hybridized carbons (Fsp3) is 0.400. The fourth-order valence-corrected chi connectivity index (χ4v) is 7.80. The van der Waals surface area contributed by atoms with Crippen LogP contribution in [0.2, 0.25) is 0 Å². The number of ether oxygens (including phenoxy) is 1. The minimum atomic E-state index is -4.84. The van der Waals surface area contributed by atoms with Gasteiger partial charge in [0.05, 0.1) is 29.4 Å². The molecule has 3 aliphatic rings. The number of imide groups is 1. The number of nitriles is 1. The molecule has 3 heterocycles. The van der Waals surface area contributed by atoms with Crippen molar-refractivity contribution in [1.29, 1.82) is 5.26 Å². The maximum absolute atomic E-state index is 15.4. The molecule has 16 heteroatoms. The number of alkyl halides is 3. The minimum absolute atomic E-state index is 0.0211. The van der Waals surface area contributed by atoms with Crippen LogP contribution in [0.3, 0.4) is 0 Å². The number of hydrogen-bond donors (Lipinski definition) is 1.